The smallest absolute Gasteiger partial charge is 0.339 e. The van der Waals surface area contributed by atoms with E-state index >= 15 is 0 Å². The maximum absolute atomic E-state index is 14.1. The number of carbonyl (C=O) groups excluding carboxylic acids is 1. The van der Waals surface area contributed by atoms with Crippen molar-refractivity contribution in [2.45, 2.75) is 37.2 Å². The quantitative estimate of drug-likeness (QED) is 0.473. The standard InChI is InChI=1S/C24H19FN4O2/c25-18-8-4-2-6-16(18)21-26-13-19-22(29-21)28-20(27-19)14-9-11-24(12-10-14)17-7-3-1-5-15(17)23(30)31-24/h1-8,13-14H,9-12H2,(H,26,27,28,29). The van der Waals surface area contributed by atoms with Crippen LogP contribution in [0.3, 0.4) is 0 Å². The third kappa shape index (κ3) is 2.84. The van der Waals surface area contributed by atoms with Crippen molar-refractivity contribution >= 4 is 17.1 Å². The molecule has 6 nitrogen and oxygen atoms in total. The molecular weight excluding hydrogens is 395 g/mol. The van der Waals surface area contributed by atoms with Crippen LogP contribution in [-0.4, -0.2) is 25.9 Å². The van der Waals surface area contributed by atoms with Gasteiger partial charge in [0.15, 0.2) is 11.5 Å². The number of H-pyrrole nitrogens is 1. The van der Waals surface area contributed by atoms with E-state index in [-0.39, 0.29) is 17.7 Å². The Hall–Kier alpha value is -3.61. The molecule has 4 aromatic rings. The summed E-state index contributed by atoms with van der Waals surface area (Å²) in [5, 5.41) is 0. The Kier molecular flexibility index (Phi) is 3.93. The zero-order chi connectivity index (χ0) is 21.0. The average Bonchev–Trinajstić information content (AvgIpc) is 3.34. The summed E-state index contributed by atoms with van der Waals surface area (Å²) >= 11 is 0. The van der Waals surface area contributed by atoms with Gasteiger partial charge in [0.1, 0.15) is 22.8 Å². The largest absolute Gasteiger partial charge is 0.451 e. The Morgan fingerprint density at radius 3 is 2.55 bits per heavy atom. The summed E-state index contributed by atoms with van der Waals surface area (Å²) in [6.07, 6.45) is 4.82. The molecule has 1 fully saturated rings. The van der Waals surface area contributed by atoms with Crippen molar-refractivity contribution in [2.75, 3.05) is 0 Å². The molecule has 2 aromatic heterocycles. The number of carbonyl (C=O) groups is 1. The second-order valence-corrected chi connectivity index (χ2v) is 8.23. The van der Waals surface area contributed by atoms with E-state index in [1.807, 2.05) is 24.3 Å². The lowest BCUT2D eigenvalue weighted by molar-refractivity contribution is -0.0312. The molecule has 3 heterocycles. The molecule has 2 aliphatic rings. The zero-order valence-corrected chi connectivity index (χ0v) is 16.6. The molecule has 7 heteroatoms. The van der Waals surface area contributed by atoms with Crippen LogP contribution in [0.15, 0.2) is 54.7 Å². The maximum atomic E-state index is 14.1. The van der Waals surface area contributed by atoms with Crippen LogP contribution in [-0.2, 0) is 10.3 Å². The Balaban J connectivity index is 1.27. The van der Waals surface area contributed by atoms with Gasteiger partial charge in [-0.15, -0.1) is 0 Å². The van der Waals surface area contributed by atoms with Gasteiger partial charge in [0, 0.05) is 11.5 Å². The van der Waals surface area contributed by atoms with Gasteiger partial charge >= 0.3 is 5.97 Å². The highest BCUT2D eigenvalue weighted by Gasteiger charge is 2.47. The van der Waals surface area contributed by atoms with E-state index in [2.05, 4.69) is 19.9 Å². The molecule has 0 amide bonds. The molecule has 1 saturated carbocycles. The minimum atomic E-state index is -0.520. The van der Waals surface area contributed by atoms with E-state index in [4.69, 9.17) is 4.74 Å². The molecule has 1 N–H and O–H groups in total. The van der Waals surface area contributed by atoms with Crippen molar-refractivity contribution in [3.63, 3.8) is 0 Å². The van der Waals surface area contributed by atoms with Gasteiger partial charge in [-0.3, -0.25) is 0 Å². The van der Waals surface area contributed by atoms with Crippen LogP contribution < -0.4 is 0 Å². The first-order chi connectivity index (χ1) is 15.1. The van der Waals surface area contributed by atoms with Crippen molar-refractivity contribution in [3.05, 3.63) is 77.5 Å². The number of hydrogen-bond donors (Lipinski definition) is 1. The van der Waals surface area contributed by atoms with Crippen LogP contribution in [0.5, 0.6) is 0 Å². The summed E-state index contributed by atoms with van der Waals surface area (Å²) in [6, 6.07) is 14.1. The number of esters is 1. The molecule has 0 saturated heterocycles. The number of rotatable bonds is 2. The highest BCUT2D eigenvalue weighted by atomic mass is 19.1. The third-order valence-electron chi connectivity index (χ3n) is 6.48. The lowest BCUT2D eigenvalue weighted by Crippen LogP contribution is -2.31. The van der Waals surface area contributed by atoms with Crippen LogP contribution in [0.2, 0.25) is 0 Å². The molecular formula is C24H19FN4O2. The van der Waals surface area contributed by atoms with Gasteiger partial charge in [-0.1, -0.05) is 30.3 Å². The lowest BCUT2D eigenvalue weighted by Gasteiger charge is -2.35. The van der Waals surface area contributed by atoms with Crippen LogP contribution in [0.4, 0.5) is 4.39 Å². The van der Waals surface area contributed by atoms with Gasteiger partial charge in [0.2, 0.25) is 0 Å². The van der Waals surface area contributed by atoms with Gasteiger partial charge in [-0.25, -0.2) is 24.1 Å². The molecule has 0 unspecified atom stereocenters. The van der Waals surface area contributed by atoms with E-state index < -0.39 is 5.60 Å². The second kappa shape index (κ2) is 6.70. The first-order valence-electron chi connectivity index (χ1n) is 10.4. The number of imidazole rings is 1. The van der Waals surface area contributed by atoms with Gasteiger partial charge in [0.05, 0.1) is 17.3 Å². The molecule has 0 radical (unpaired) electrons. The minimum absolute atomic E-state index is 0.211. The van der Waals surface area contributed by atoms with Crippen molar-refractivity contribution in [1.82, 2.24) is 19.9 Å². The fourth-order valence-corrected chi connectivity index (χ4v) is 4.87. The molecule has 0 atom stereocenters. The topological polar surface area (TPSA) is 80.8 Å². The van der Waals surface area contributed by atoms with E-state index in [0.29, 0.717) is 28.1 Å². The number of aromatic nitrogens is 4. The van der Waals surface area contributed by atoms with E-state index in [1.165, 1.54) is 6.07 Å². The maximum Gasteiger partial charge on any atom is 0.339 e. The van der Waals surface area contributed by atoms with Gasteiger partial charge < -0.3 is 9.72 Å². The van der Waals surface area contributed by atoms with Crippen LogP contribution in [0, 0.1) is 5.82 Å². The van der Waals surface area contributed by atoms with Crippen LogP contribution in [0.25, 0.3) is 22.6 Å². The van der Waals surface area contributed by atoms with E-state index in [9.17, 15) is 9.18 Å². The summed E-state index contributed by atoms with van der Waals surface area (Å²) in [5.74, 6) is 0.808. The molecule has 1 spiro atoms. The summed E-state index contributed by atoms with van der Waals surface area (Å²) in [7, 11) is 0. The molecule has 31 heavy (non-hydrogen) atoms. The SMILES string of the molecule is O=C1OC2(CCC(c3nc4cnc(-c5ccccc5F)nc4[nH]3)CC2)c2ccccc21. The van der Waals surface area contributed by atoms with E-state index in [1.54, 1.807) is 24.4 Å². The van der Waals surface area contributed by atoms with Gasteiger partial charge in [0.25, 0.3) is 0 Å². The highest BCUT2D eigenvalue weighted by Crippen LogP contribution is 2.49. The highest BCUT2D eigenvalue weighted by molar-refractivity contribution is 5.94. The predicted molar refractivity (Wildman–Crippen MR) is 112 cm³/mol. The molecule has 6 rings (SSSR count). The van der Waals surface area contributed by atoms with Gasteiger partial charge in [-0.2, -0.15) is 0 Å². The van der Waals surface area contributed by atoms with Gasteiger partial charge in [-0.05, 0) is 43.9 Å². The predicted octanol–water partition coefficient (Wildman–Crippen LogP) is 4.88. The van der Waals surface area contributed by atoms with Crippen molar-refractivity contribution in [2.24, 2.45) is 0 Å². The Morgan fingerprint density at radius 2 is 1.74 bits per heavy atom. The van der Waals surface area contributed by atoms with Crippen molar-refractivity contribution < 1.29 is 13.9 Å². The summed E-state index contributed by atoms with van der Waals surface area (Å²) in [4.78, 5) is 29.1. The summed E-state index contributed by atoms with van der Waals surface area (Å²) in [5.41, 5.74) is 2.79. The molecule has 1 aliphatic carbocycles. The summed E-state index contributed by atoms with van der Waals surface area (Å²) in [6.45, 7) is 0. The number of halogens is 1. The van der Waals surface area contributed by atoms with Crippen LogP contribution >= 0.6 is 0 Å². The Morgan fingerprint density at radius 1 is 1.00 bits per heavy atom. The number of nitrogens with zero attached hydrogens (tertiary/aromatic N) is 3. The number of nitrogens with one attached hydrogen (secondary N) is 1. The van der Waals surface area contributed by atoms with E-state index in [0.717, 1.165) is 37.1 Å². The normalized spacial score (nSPS) is 22.6. The fraction of sp³-hybridized carbons (Fsp3) is 0.250. The minimum Gasteiger partial charge on any atom is -0.451 e. The Labute approximate surface area is 177 Å². The second-order valence-electron chi connectivity index (χ2n) is 8.23. The summed E-state index contributed by atoms with van der Waals surface area (Å²) < 4.78 is 20.0. The Bertz CT molecular complexity index is 1320. The van der Waals surface area contributed by atoms with Crippen molar-refractivity contribution in [1.29, 1.82) is 0 Å². The number of aromatic amines is 1. The van der Waals surface area contributed by atoms with Crippen LogP contribution in [0.1, 0.15) is 53.3 Å². The monoisotopic (exact) mass is 414 g/mol. The number of ether oxygens (including phenoxy) is 1. The number of benzene rings is 2. The molecule has 1 aliphatic heterocycles. The molecule has 0 bridgehead atoms. The third-order valence-corrected chi connectivity index (χ3v) is 6.48. The number of hydrogen-bond acceptors (Lipinski definition) is 5. The lowest BCUT2D eigenvalue weighted by atomic mass is 9.75. The first-order valence-corrected chi connectivity index (χ1v) is 10.4. The molecule has 154 valence electrons. The van der Waals surface area contributed by atoms with Crippen molar-refractivity contribution in [3.8, 4) is 11.4 Å². The zero-order valence-electron chi connectivity index (χ0n) is 16.6. The molecule has 2 aromatic carbocycles. The first kappa shape index (κ1) is 18.2. The average molecular weight is 414 g/mol. The fourth-order valence-electron chi connectivity index (χ4n) is 4.87. The number of fused-ring (bicyclic) bond motifs is 3.